The number of nitrogens with two attached hydrogens (primary N) is 1. The van der Waals surface area contributed by atoms with E-state index in [9.17, 15) is 0 Å². The molecule has 1 fully saturated rings. The van der Waals surface area contributed by atoms with Crippen LogP contribution >= 0.6 is 0 Å². The maximum atomic E-state index is 5.71. The number of anilines is 2. The molecule has 2 heterocycles. The first kappa shape index (κ1) is 15.0. The number of rotatable bonds is 5. The Labute approximate surface area is 120 Å². The van der Waals surface area contributed by atoms with Crippen LogP contribution in [0.1, 0.15) is 50.9 Å². The number of hydrogen-bond donors (Lipinski definition) is 3. The summed E-state index contributed by atoms with van der Waals surface area (Å²) in [5.74, 6) is 8.09. The van der Waals surface area contributed by atoms with E-state index in [2.05, 4.69) is 41.5 Å². The molecule has 0 saturated carbocycles. The Morgan fingerprint density at radius 1 is 1.25 bits per heavy atom. The van der Waals surface area contributed by atoms with Gasteiger partial charge in [-0.15, -0.1) is 0 Å². The number of nitrogens with one attached hydrogen (secondary N) is 2. The van der Waals surface area contributed by atoms with Crippen molar-refractivity contribution in [2.75, 3.05) is 17.3 Å². The lowest BCUT2D eigenvalue weighted by molar-refractivity contribution is 0.0995. The van der Waals surface area contributed by atoms with Crippen LogP contribution in [0.25, 0.3) is 0 Å². The van der Waals surface area contributed by atoms with Gasteiger partial charge in [0.25, 0.3) is 0 Å². The van der Waals surface area contributed by atoms with Gasteiger partial charge in [-0.2, -0.15) is 0 Å². The summed E-state index contributed by atoms with van der Waals surface area (Å²) in [4.78, 5) is 9.06. The first-order valence-corrected chi connectivity index (χ1v) is 7.26. The molecule has 6 heteroatoms. The van der Waals surface area contributed by atoms with E-state index in [0.717, 1.165) is 36.7 Å². The van der Waals surface area contributed by atoms with Crippen LogP contribution in [-0.2, 0) is 4.74 Å². The quantitative estimate of drug-likeness (QED) is 0.566. The third-order valence-electron chi connectivity index (χ3n) is 3.70. The molecule has 2 unspecified atom stereocenters. The summed E-state index contributed by atoms with van der Waals surface area (Å²) in [6.07, 6.45) is 2.48. The molecule has 0 aliphatic carbocycles. The van der Waals surface area contributed by atoms with Gasteiger partial charge in [0.15, 0.2) is 0 Å². The fourth-order valence-electron chi connectivity index (χ4n) is 2.38. The van der Waals surface area contributed by atoms with Crippen LogP contribution in [-0.4, -0.2) is 28.7 Å². The van der Waals surface area contributed by atoms with Crippen molar-refractivity contribution in [1.29, 1.82) is 0 Å². The highest BCUT2D eigenvalue weighted by Gasteiger charge is 2.23. The molecule has 2 rings (SSSR count). The molecule has 4 N–H and O–H groups in total. The standard InChI is InChI=1S/C14H25N5O/c1-8(2)12-17-13(9(3)14(18-12)19-15)16-10(4)11-6-5-7-20-11/h8,10-11H,5-7,15H2,1-4H3,(H2,16,17,18,19). The van der Waals surface area contributed by atoms with Gasteiger partial charge in [0.05, 0.1) is 12.1 Å². The number of nitrogen functional groups attached to an aromatic ring is 1. The number of ether oxygens (including phenoxy) is 1. The van der Waals surface area contributed by atoms with Gasteiger partial charge in [-0.1, -0.05) is 13.8 Å². The maximum Gasteiger partial charge on any atom is 0.148 e. The third kappa shape index (κ3) is 3.19. The molecule has 1 aromatic rings. The van der Waals surface area contributed by atoms with E-state index in [4.69, 9.17) is 10.6 Å². The summed E-state index contributed by atoms with van der Waals surface area (Å²) in [6.45, 7) is 9.08. The number of aromatic nitrogens is 2. The van der Waals surface area contributed by atoms with Crippen LogP contribution < -0.4 is 16.6 Å². The first-order valence-electron chi connectivity index (χ1n) is 7.26. The molecular weight excluding hydrogens is 254 g/mol. The average molecular weight is 279 g/mol. The Bertz CT molecular complexity index is 457. The van der Waals surface area contributed by atoms with Gasteiger partial charge < -0.3 is 15.5 Å². The van der Waals surface area contributed by atoms with Crippen molar-refractivity contribution >= 4 is 11.6 Å². The maximum absolute atomic E-state index is 5.71. The van der Waals surface area contributed by atoms with Crippen LogP contribution in [0, 0.1) is 6.92 Å². The molecule has 1 saturated heterocycles. The topological polar surface area (TPSA) is 85.1 Å². The SMILES string of the molecule is Cc1c(NN)nc(C(C)C)nc1NC(C)C1CCCO1. The van der Waals surface area contributed by atoms with Crippen molar-refractivity contribution in [2.24, 2.45) is 5.84 Å². The largest absolute Gasteiger partial charge is 0.376 e. The van der Waals surface area contributed by atoms with Crippen LogP contribution in [0.2, 0.25) is 0 Å². The molecule has 1 aromatic heterocycles. The van der Waals surface area contributed by atoms with Gasteiger partial charge in [0, 0.05) is 18.1 Å². The van der Waals surface area contributed by atoms with Gasteiger partial charge in [0.2, 0.25) is 0 Å². The summed E-state index contributed by atoms with van der Waals surface area (Å²) in [5, 5.41) is 3.45. The summed E-state index contributed by atoms with van der Waals surface area (Å²) in [5.41, 5.74) is 3.58. The Hall–Kier alpha value is -1.40. The van der Waals surface area contributed by atoms with Gasteiger partial charge in [0.1, 0.15) is 17.5 Å². The molecule has 1 aliphatic heterocycles. The minimum Gasteiger partial charge on any atom is -0.376 e. The highest BCUT2D eigenvalue weighted by atomic mass is 16.5. The zero-order valence-electron chi connectivity index (χ0n) is 12.7. The second-order valence-electron chi connectivity index (χ2n) is 5.69. The zero-order valence-corrected chi connectivity index (χ0v) is 12.7. The van der Waals surface area contributed by atoms with Crippen molar-refractivity contribution in [2.45, 2.75) is 58.6 Å². The second-order valence-corrected chi connectivity index (χ2v) is 5.69. The van der Waals surface area contributed by atoms with E-state index >= 15 is 0 Å². The second kappa shape index (κ2) is 6.37. The first-order chi connectivity index (χ1) is 9.52. The van der Waals surface area contributed by atoms with E-state index in [0.29, 0.717) is 5.82 Å². The van der Waals surface area contributed by atoms with Crippen LogP contribution in [0.4, 0.5) is 11.6 Å². The molecule has 0 radical (unpaired) electrons. The van der Waals surface area contributed by atoms with E-state index < -0.39 is 0 Å². The third-order valence-corrected chi connectivity index (χ3v) is 3.70. The normalized spacial score (nSPS) is 20.2. The van der Waals surface area contributed by atoms with E-state index in [1.165, 1.54) is 0 Å². The lowest BCUT2D eigenvalue weighted by Crippen LogP contribution is -2.31. The van der Waals surface area contributed by atoms with Crippen molar-refractivity contribution in [3.05, 3.63) is 11.4 Å². The average Bonchev–Trinajstić information content (AvgIpc) is 2.94. The number of nitrogens with zero attached hydrogens (tertiary/aromatic N) is 2. The zero-order chi connectivity index (χ0) is 14.7. The Morgan fingerprint density at radius 2 is 1.95 bits per heavy atom. The molecule has 0 spiro atoms. The molecule has 6 nitrogen and oxygen atoms in total. The van der Waals surface area contributed by atoms with E-state index in [-0.39, 0.29) is 18.1 Å². The van der Waals surface area contributed by atoms with Crippen LogP contribution in [0.3, 0.4) is 0 Å². The molecule has 20 heavy (non-hydrogen) atoms. The lowest BCUT2D eigenvalue weighted by atomic mass is 10.1. The predicted molar refractivity (Wildman–Crippen MR) is 80.7 cm³/mol. The minimum atomic E-state index is 0.219. The van der Waals surface area contributed by atoms with Gasteiger partial charge >= 0.3 is 0 Å². The highest BCUT2D eigenvalue weighted by molar-refractivity contribution is 5.57. The van der Waals surface area contributed by atoms with Crippen molar-refractivity contribution < 1.29 is 4.74 Å². The predicted octanol–water partition coefficient (Wildman–Crippen LogP) is 2.17. The number of hydrogen-bond acceptors (Lipinski definition) is 6. The Balaban J connectivity index is 2.22. The van der Waals surface area contributed by atoms with Crippen molar-refractivity contribution in [1.82, 2.24) is 9.97 Å². The molecule has 0 bridgehead atoms. The molecule has 0 amide bonds. The highest BCUT2D eigenvalue weighted by Crippen LogP contribution is 2.25. The molecular formula is C14H25N5O. The van der Waals surface area contributed by atoms with Crippen LogP contribution in [0.15, 0.2) is 0 Å². The van der Waals surface area contributed by atoms with E-state index in [1.54, 1.807) is 0 Å². The Morgan fingerprint density at radius 3 is 2.50 bits per heavy atom. The molecule has 1 aliphatic rings. The lowest BCUT2D eigenvalue weighted by Gasteiger charge is -2.23. The minimum absolute atomic E-state index is 0.219. The van der Waals surface area contributed by atoms with Gasteiger partial charge in [-0.3, -0.25) is 0 Å². The summed E-state index contributed by atoms with van der Waals surface area (Å²) in [6, 6.07) is 0.219. The Kier molecular flexibility index (Phi) is 4.77. The summed E-state index contributed by atoms with van der Waals surface area (Å²) in [7, 11) is 0. The van der Waals surface area contributed by atoms with Crippen LogP contribution in [0.5, 0.6) is 0 Å². The number of hydrazine groups is 1. The fraction of sp³-hybridized carbons (Fsp3) is 0.714. The smallest absolute Gasteiger partial charge is 0.148 e. The monoisotopic (exact) mass is 279 g/mol. The van der Waals surface area contributed by atoms with Crippen molar-refractivity contribution in [3.8, 4) is 0 Å². The van der Waals surface area contributed by atoms with Crippen molar-refractivity contribution in [3.63, 3.8) is 0 Å². The molecule has 0 aromatic carbocycles. The summed E-state index contributed by atoms with van der Waals surface area (Å²) >= 11 is 0. The molecule has 2 atom stereocenters. The van der Waals surface area contributed by atoms with E-state index in [1.807, 2.05) is 6.92 Å². The fourth-order valence-corrected chi connectivity index (χ4v) is 2.38. The summed E-state index contributed by atoms with van der Waals surface area (Å²) < 4.78 is 5.71. The van der Waals surface area contributed by atoms with Gasteiger partial charge in [-0.25, -0.2) is 15.8 Å². The molecule has 112 valence electrons. The van der Waals surface area contributed by atoms with Gasteiger partial charge in [-0.05, 0) is 26.7 Å².